The Morgan fingerprint density at radius 2 is 2.12 bits per heavy atom. The van der Waals surface area contributed by atoms with Gasteiger partial charge in [0.05, 0.1) is 0 Å². The minimum absolute atomic E-state index is 0.0671. The molecule has 0 aliphatic carbocycles. The van der Waals surface area contributed by atoms with Gasteiger partial charge in [0.25, 0.3) is 15.2 Å². The molecule has 6 nitrogen and oxygen atoms in total. The number of hydrogen-bond donors (Lipinski definition) is 1. The first-order chi connectivity index (χ1) is 7.62. The normalized spacial score (nSPS) is 23.2. The molecule has 1 fully saturated rings. The Balaban J connectivity index is 2.32. The highest BCUT2D eigenvalue weighted by Gasteiger charge is 2.32. The molecule has 1 N–H and O–H groups in total. The maximum Gasteiger partial charge on any atom is 0.279 e. The second kappa shape index (κ2) is 4.44. The molecular formula is C9H14N4O2S. The molecule has 0 saturated carbocycles. The smallest absolute Gasteiger partial charge is 0.279 e. The van der Waals surface area contributed by atoms with Crippen molar-refractivity contribution < 1.29 is 8.42 Å². The molecule has 2 heterocycles. The highest BCUT2D eigenvalue weighted by atomic mass is 32.2. The van der Waals surface area contributed by atoms with Crippen LogP contribution in [0.4, 0.5) is 0 Å². The van der Waals surface area contributed by atoms with E-state index in [2.05, 4.69) is 15.3 Å². The summed E-state index contributed by atoms with van der Waals surface area (Å²) in [4.78, 5) is 7.60. The van der Waals surface area contributed by atoms with Crippen LogP contribution in [-0.2, 0) is 10.0 Å². The van der Waals surface area contributed by atoms with Crippen molar-refractivity contribution in [2.45, 2.75) is 18.1 Å². The van der Waals surface area contributed by atoms with Gasteiger partial charge in [0.15, 0.2) is 0 Å². The zero-order valence-electron chi connectivity index (χ0n) is 9.00. The lowest BCUT2D eigenvalue weighted by molar-refractivity contribution is 0.282. The summed E-state index contributed by atoms with van der Waals surface area (Å²) in [6.45, 7) is 3.65. The Labute approximate surface area is 94.8 Å². The maximum absolute atomic E-state index is 12.2. The Hall–Kier alpha value is -1.05. The molecule has 0 spiro atoms. The van der Waals surface area contributed by atoms with E-state index in [1.807, 2.05) is 6.92 Å². The maximum atomic E-state index is 12.2. The first-order valence-electron chi connectivity index (χ1n) is 5.12. The third kappa shape index (κ3) is 2.06. The largest absolute Gasteiger partial charge is 0.314 e. The van der Waals surface area contributed by atoms with Crippen molar-refractivity contribution in [3.8, 4) is 0 Å². The first-order valence-corrected chi connectivity index (χ1v) is 6.56. The van der Waals surface area contributed by atoms with Crippen LogP contribution in [0.5, 0.6) is 0 Å². The molecule has 1 atom stereocenters. The summed E-state index contributed by atoms with van der Waals surface area (Å²) in [6, 6.07) is 1.53. The average Bonchev–Trinajstić information content (AvgIpc) is 2.30. The zero-order valence-corrected chi connectivity index (χ0v) is 9.81. The van der Waals surface area contributed by atoms with Gasteiger partial charge < -0.3 is 5.32 Å². The summed E-state index contributed by atoms with van der Waals surface area (Å²) in [5.41, 5.74) is 0. The Kier molecular flexibility index (Phi) is 3.17. The van der Waals surface area contributed by atoms with E-state index in [0.29, 0.717) is 19.6 Å². The number of sulfonamides is 1. The van der Waals surface area contributed by atoms with Gasteiger partial charge in [-0.1, -0.05) is 0 Å². The van der Waals surface area contributed by atoms with Gasteiger partial charge in [0, 0.05) is 38.1 Å². The summed E-state index contributed by atoms with van der Waals surface area (Å²) < 4.78 is 25.8. The lowest BCUT2D eigenvalue weighted by Crippen LogP contribution is -2.52. The number of rotatable bonds is 2. The molecule has 1 aliphatic heterocycles. The van der Waals surface area contributed by atoms with Crippen LogP contribution in [0.15, 0.2) is 23.6 Å². The minimum atomic E-state index is -3.54. The fourth-order valence-corrected chi connectivity index (χ4v) is 3.18. The van der Waals surface area contributed by atoms with Crippen LogP contribution >= 0.6 is 0 Å². The summed E-state index contributed by atoms with van der Waals surface area (Å²) in [7, 11) is -3.54. The molecule has 1 aliphatic rings. The van der Waals surface area contributed by atoms with Crippen molar-refractivity contribution >= 4 is 10.0 Å². The number of hydrogen-bond acceptors (Lipinski definition) is 5. The van der Waals surface area contributed by atoms with Gasteiger partial charge >= 0.3 is 0 Å². The van der Waals surface area contributed by atoms with Crippen molar-refractivity contribution in [2.75, 3.05) is 19.6 Å². The molecule has 16 heavy (non-hydrogen) atoms. The second-order valence-corrected chi connectivity index (χ2v) is 5.48. The van der Waals surface area contributed by atoms with Crippen LogP contribution < -0.4 is 5.32 Å². The fraction of sp³-hybridized carbons (Fsp3) is 0.556. The van der Waals surface area contributed by atoms with Crippen LogP contribution in [0.1, 0.15) is 6.92 Å². The van der Waals surface area contributed by atoms with E-state index in [-0.39, 0.29) is 11.2 Å². The fourth-order valence-electron chi connectivity index (χ4n) is 1.70. The van der Waals surface area contributed by atoms with Crippen molar-refractivity contribution in [1.82, 2.24) is 19.6 Å². The lowest BCUT2D eigenvalue weighted by atomic mass is 10.3. The summed E-state index contributed by atoms with van der Waals surface area (Å²) >= 11 is 0. The van der Waals surface area contributed by atoms with E-state index < -0.39 is 10.0 Å². The first kappa shape index (κ1) is 11.4. The molecule has 1 saturated heterocycles. The van der Waals surface area contributed by atoms with E-state index in [1.54, 1.807) is 6.07 Å². The molecular weight excluding hydrogens is 228 g/mol. The van der Waals surface area contributed by atoms with Gasteiger partial charge in [-0.25, -0.2) is 18.4 Å². The van der Waals surface area contributed by atoms with Crippen molar-refractivity contribution in [3.63, 3.8) is 0 Å². The number of nitrogens with one attached hydrogen (secondary N) is 1. The highest BCUT2D eigenvalue weighted by molar-refractivity contribution is 7.89. The molecule has 0 bridgehead atoms. The van der Waals surface area contributed by atoms with E-state index in [1.165, 1.54) is 16.7 Å². The third-order valence-electron chi connectivity index (χ3n) is 2.52. The second-order valence-electron chi connectivity index (χ2n) is 3.70. The third-order valence-corrected chi connectivity index (χ3v) is 4.35. The zero-order chi connectivity index (χ0) is 11.6. The standard InChI is InChI=1S/C9H14N4O2S/c1-8-7-10-5-6-13(8)16(14,15)9-11-3-2-4-12-9/h2-4,8,10H,5-7H2,1H3/t8-/m0/s1. The predicted molar refractivity (Wildman–Crippen MR) is 58.3 cm³/mol. The molecule has 1 aromatic heterocycles. The molecule has 0 aromatic carbocycles. The van der Waals surface area contributed by atoms with E-state index in [9.17, 15) is 8.42 Å². The molecule has 0 radical (unpaired) electrons. The van der Waals surface area contributed by atoms with Gasteiger partial charge in [-0.05, 0) is 13.0 Å². The predicted octanol–water partition coefficient (Wildman–Crippen LogP) is -0.541. The SMILES string of the molecule is C[C@H]1CNCCN1S(=O)(=O)c1ncccn1. The van der Waals surface area contributed by atoms with Crippen LogP contribution in [0.2, 0.25) is 0 Å². The Morgan fingerprint density at radius 3 is 2.75 bits per heavy atom. The quantitative estimate of drug-likeness (QED) is 0.705. The average molecular weight is 242 g/mol. The highest BCUT2D eigenvalue weighted by Crippen LogP contribution is 2.14. The van der Waals surface area contributed by atoms with Crippen LogP contribution in [0.3, 0.4) is 0 Å². The van der Waals surface area contributed by atoms with Crippen LogP contribution in [-0.4, -0.2) is 48.4 Å². The van der Waals surface area contributed by atoms with Gasteiger partial charge in [-0.3, -0.25) is 0 Å². The summed E-state index contributed by atoms with van der Waals surface area (Å²) in [5.74, 6) is 0. The Bertz CT molecular complexity index is 448. The molecule has 1 aromatic rings. The van der Waals surface area contributed by atoms with Gasteiger partial charge in [-0.2, -0.15) is 4.31 Å². The number of nitrogens with zero attached hydrogens (tertiary/aromatic N) is 3. The van der Waals surface area contributed by atoms with Crippen molar-refractivity contribution in [3.05, 3.63) is 18.5 Å². The van der Waals surface area contributed by atoms with Gasteiger partial charge in [0.2, 0.25) is 0 Å². The topological polar surface area (TPSA) is 75.2 Å². The van der Waals surface area contributed by atoms with E-state index in [0.717, 1.165) is 0 Å². The molecule has 2 rings (SSSR count). The molecule has 0 unspecified atom stereocenters. The summed E-state index contributed by atoms with van der Waals surface area (Å²) in [5, 5.41) is 3.02. The van der Waals surface area contributed by atoms with E-state index in [4.69, 9.17) is 0 Å². The van der Waals surface area contributed by atoms with Gasteiger partial charge in [0.1, 0.15) is 0 Å². The van der Waals surface area contributed by atoms with Crippen molar-refractivity contribution in [1.29, 1.82) is 0 Å². The van der Waals surface area contributed by atoms with Gasteiger partial charge in [-0.15, -0.1) is 0 Å². The Morgan fingerprint density at radius 1 is 1.44 bits per heavy atom. The number of piperazine rings is 1. The van der Waals surface area contributed by atoms with Crippen LogP contribution in [0, 0.1) is 0 Å². The van der Waals surface area contributed by atoms with E-state index >= 15 is 0 Å². The monoisotopic (exact) mass is 242 g/mol. The number of aromatic nitrogens is 2. The van der Waals surface area contributed by atoms with Crippen molar-refractivity contribution in [2.24, 2.45) is 0 Å². The molecule has 88 valence electrons. The summed E-state index contributed by atoms with van der Waals surface area (Å²) in [6.07, 6.45) is 2.87. The lowest BCUT2D eigenvalue weighted by Gasteiger charge is -2.31. The molecule has 7 heteroatoms. The minimum Gasteiger partial charge on any atom is -0.314 e. The molecule has 0 amide bonds. The van der Waals surface area contributed by atoms with Crippen LogP contribution in [0.25, 0.3) is 0 Å².